The molecule has 0 amide bonds. The Labute approximate surface area is 383 Å². The molecule has 1 aliphatic heterocycles. The zero-order valence-electron chi connectivity index (χ0n) is 35.0. The number of nitrogens with zero attached hydrogens (tertiary/aromatic N) is 6. The minimum Gasteiger partial charge on any atom is -0.309 e. The lowest BCUT2D eigenvalue weighted by Gasteiger charge is -2.31. The molecule has 0 N–H and O–H groups in total. The Morgan fingerprint density at radius 3 is 1.75 bits per heavy atom. The van der Waals surface area contributed by atoms with Crippen LogP contribution in [0.2, 0.25) is 0 Å². The van der Waals surface area contributed by atoms with E-state index < -0.39 is 0 Å². The maximum Gasteiger partial charge on any atom is 0.238 e. The van der Waals surface area contributed by atoms with E-state index in [1.165, 1.54) is 64.8 Å². The largest absolute Gasteiger partial charge is 0.309 e. The lowest BCUT2D eigenvalue weighted by atomic mass is 10.1. The van der Waals surface area contributed by atoms with Gasteiger partial charge >= 0.3 is 0 Å². The van der Waals surface area contributed by atoms with E-state index in [1.54, 1.807) is 0 Å². The molecule has 0 fully saturated rings. The van der Waals surface area contributed by atoms with Crippen molar-refractivity contribution in [3.8, 4) is 45.3 Å². The van der Waals surface area contributed by atoms with Gasteiger partial charge in [0.2, 0.25) is 5.95 Å². The molecular weight excluding hydrogens is 861 g/mol. The third-order valence-electron chi connectivity index (χ3n) is 12.8. The van der Waals surface area contributed by atoms with Gasteiger partial charge in [0, 0.05) is 42.8 Å². The molecule has 9 aromatic carbocycles. The van der Waals surface area contributed by atoms with Gasteiger partial charge in [-0.1, -0.05) is 180 Å². The van der Waals surface area contributed by atoms with E-state index in [4.69, 9.17) is 15.0 Å². The molecule has 7 heteroatoms. The van der Waals surface area contributed by atoms with E-state index in [-0.39, 0.29) is 0 Å². The third-order valence-corrected chi connectivity index (χ3v) is 13.5. The number of anilines is 3. The van der Waals surface area contributed by atoms with Crippen molar-refractivity contribution in [1.82, 2.24) is 24.1 Å². The number of rotatable bonds is 4. The summed E-state index contributed by atoms with van der Waals surface area (Å²) in [4.78, 5) is 17.6. The van der Waals surface area contributed by atoms with Gasteiger partial charge in [-0.2, -0.15) is 9.97 Å². The summed E-state index contributed by atoms with van der Waals surface area (Å²) in [6.45, 7) is 0. The van der Waals surface area contributed by atoms with Crippen LogP contribution in [0, 0.1) is 0 Å². The summed E-state index contributed by atoms with van der Waals surface area (Å²) >= 11 is 3.62. The lowest BCUT2D eigenvalue weighted by molar-refractivity contribution is 1.00. The second-order valence-electron chi connectivity index (χ2n) is 16.5. The van der Waals surface area contributed by atoms with Crippen molar-refractivity contribution in [3.63, 3.8) is 0 Å². The first kappa shape index (κ1) is 37.4. The van der Waals surface area contributed by atoms with Gasteiger partial charge < -0.3 is 9.13 Å². The Kier molecular flexibility index (Phi) is 8.64. The third kappa shape index (κ3) is 5.89. The summed E-state index contributed by atoms with van der Waals surface area (Å²) in [5.41, 5.74) is 16.4. The SMILES string of the molecule is Brc1cccc2c1-c1ccccc1C2.c1ccc(-c2nc(-c3ccccc3)nc(N3c4ccccc4-n4c5c3cccc5c3ccc5c(c6ccccc6n5-c5ccccc5)c34)n2)cc1. The Morgan fingerprint density at radius 1 is 0.400 bits per heavy atom. The maximum absolute atomic E-state index is 5.18. The molecule has 12 aromatic rings. The molecule has 0 saturated carbocycles. The molecule has 0 saturated heterocycles. The predicted molar refractivity (Wildman–Crippen MR) is 270 cm³/mol. The fourth-order valence-corrected chi connectivity index (χ4v) is 10.7. The van der Waals surface area contributed by atoms with E-state index in [1.807, 2.05) is 60.7 Å². The average Bonchev–Trinajstić information content (AvgIpc) is 4.04. The molecule has 6 nitrogen and oxygen atoms in total. The predicted octanol–water partition coefficient (Wildman–Crippen LogP) is 15.2. The molecule has 0 unspecified atom stereocenters. The van der Waals surface area contributed by atoms with Crippen molar-refractivity contribution in [1.29, 1.82) is 0 Å². The zero-order valence-corrected chi connectivity index (χ0v) is 36.6. The molecule has 2 aliphatic rings. The summed E-state index contributed by atoms with van der Waals surface area (Å²) < 4.78 is 6.06. The summed E-state index contributed by atoms with van der Waals surface area (Å²) in [6.07, 6.45) is 1.07. The smallest absolute Gasteiger partial charge is 0.238 e. The average molecular weight is 898 g/mol. The Balaban J connectivity index is 0.000000257. The second-order valence-corrected chi connectivity index (χ2v) is 17.4. The second kappa shape index (κ2) is 15.0. The normalized spacial score (nSPS) is 12.3. The van der Waals surface area contributed by atoms with Gasteiger partial charge in [0.05, 0.1) is 39.1 Å². The topological polar surface area (TPSA) is 51.8 Å². The van der Waals surface area contributed by atoms with Crippen LogP contribution in [-0.2, 0) is 6.42 Å². The van der Waals surface area contributed by atoms with Crippen LogP contribution in [0.4, 0.5) is 17.3 Å². The number of aromatic nitrogens is 5. The van der Waals surface area contributed by atoms with Crippen LogP contribution < -0.4 is 4.90 Å². The molecular formula is C58H37BrN6. The van der Waals surface area contributed by atoms with Crippen molar-refractivity contribution in [2.75, 3.05) is 4.90 Å². The highest BCUT2D eigenvalue weighted by Gasteiger charge is 2.32. The maximum atomic E-state index is 5.18. The Hall–Kier alpha value is -8.13. The first-order chi connectivity index (χ1) is 32.2. The number of para-hydroxylation sites is 5. The van der Waals surface area contributed by atoms with Gasteiger partial charge in [-0.15, -0.1) is 0 Å². The van der Waals surface area contributed by atoms with Crippen molar-refractivity contribution < 1.29 is 0 Å². The van der Waals surface area contributed by atoms with Gasteiger partial charge in [-0.25, -0.2) is 4.98 Å². The Bertz CT molecular complexity index is 3760. The number of fused-ring (bicyclic) bond motifs is 12. The van der Waals surface area contributed by atoms with Crippen molar-refractivity contribution in [2.45, 2.75) is 6.42 Å². The molecule has 306 valence electrons. The lowest BCUT2D eigenvalue weighted by Crippen LogP contribution is -2.21. The summed E-state index contributed by atoms with van der Waals surface area (Å²) in [7, 11) is 0. The molecule has 0 bridgehead atoms. The van der Waals surface area contributed by atoms with Gasteiger partial charge in [0.15, 0.2) is 11.6 Å². The monoisotopic (exact) mass is 896 g/mol. The molecule has 4 heterocycles. The molecule has 65 heavy (non-hydrogen) atoms. The minimum atomic E-state index is 0.574. The van der Waals surface area contributed by atoms with E-state index in [2.05, 4.69) is 182 Å². The first-order valence-corrected chi connectivity index (χ1v) is 22.7. The van der Waals surface area contributed by atoms with Gasteiger partial charge in [-0.3, -0.25) is 4.90 Å². The Morgan fingerprint density at radius 2 is 0.985 bits per heavy atom. The number of hydrogen-bond acceptors (Lipinski definition) is 4. The summed E-state index contributed by atoms with van der Waals surface area (Å²) in [5.74, 6) is 1.83. The molecule has 0 radical (unpaired) electrons. The van der Waals surface area contributed by atoms with Crippen LogP contribution >= 0.6 is 15.9 Å². The molecule has 0 atom stereocenters. The van der Waals surface area contributed by atoms with Crippen molar-refractivity contribution in [2.24, 2.45) is 0 Å². The quantitative estimate of drug-likeness (QED) is 0.177. The fourth-order valence-electron chi connectivity index (χ4n) is 10.1. The van der Waals surface area contributed by atoms with Gasteiger partial charge in [0.25, 0.3) is 0 Å². The number of benzene rings is 9. The van der Waals surface area contributed by atoms with Gasteiger partial charge in [-0.05, 0) is 77.2 Å². The molecule has 14 rings (SSSR count). The zero-order chi connectivity index (χ0) is 43.0. The molecule has 0 spiro atoms. The summed E-state index contributed by atoms with van der Waals surface area (Å²) in [6, 6.07) is 74.5. The van der Waals surface area contributed by atoms with Crippen LogP contribution in [0.3, 0.4) is 0 Å². The fraction of sp³-hybridized carbons (Fsp3) is 0.0172. The van der Waals surface area contributed by atoms with Gasteiger partial charge in [0.1, 0.15) is 0 Å². The van der Waals surface area contributed by atoms with Crippen LogP contribution in [0.1, 0.15) is 11.1 Å². The van der Waals surface area contributed by atoms with E-state index in [9.17, 15) is 0 Å². The first-order valence-electron chi connectivity index (χ1n) is 21.9. The van der Waals surface area contributed by atoms with E-state index in [0.717, 1.165) is 45.8 Å². The highest BCUT2D eigenvalue weighted by Crippen LogP contribution is 2.51. The van der Waals surface area contributed by atoms with Crippen LogP contribution in [-0.4, -0.2) is 24.1 Å². The summed E-state index contributed by atoms with van der Waals surface area (Å²) in [5, 5.41) is 4.84. The molecule has 3 aromatic heterocycles. The number of hydrogen-bond donors (Lipinski definition) is 0. The number of halogens is 1. The van der Waals surface area contributed by atoms with E-state index in [0.29, 0.717) is 17.6 Å². The van der Waals surface area contributed by atoms with Crippen molar-refractivity contribution >= 4 is 76.9 Å². The van der Waals surface area contributed by atoms with E-state index >= 15 is 0 Å². The van der Waals surface area contributed by atoms with Crippen LogP contribution in [0.5, 0.6) is 0 Å². The highest BCUT2D eigenvalue weighted by molar-refractivity contribution is 9.10. The minimum absolute atomic E-state index is 0.574. The highest BCUT2D eigenvalue weighted by atomic mass is 79.9. The standard InChI is InChI=1S/C45H28N6.C13H9Br/c1-4-15-29(16-5-1)43-46-44(30-17-6-2-7-18-30)48-45(47-43)50-36-24-12-13-25-37(36)51-41-32(22-14-26-39(41)50)33-27-28-38-40(42(33)51)34-21-10-11-23-35(34)49(38)31-19-8-3-9-20-31;14-12-7-3-5-10-8-9-4-1-2-6-11(9)13(10)12/h1-28H;1-7H,8H2. The molecule has 1 aliphatic carbocycles. The van der Waals surface area contributed by atoms with Crippen LogP contribution in [0.15, 0.2) is 217 Å². The van der Waals surface area contributed by atoms with Crippen LogP contribution in [0.25, 0.3) is 88.9 Å². The van der Waals surface area contributed by atoms with Crippen molar-refractivity contribution in [3.05, 3.63) is 228 Å².